The summed E-state index contributed by atoms with van der Waals surface area (Å²) >= 11 is 0. The van der Waals surface area contributed by atoms with Gasteiger partial charge < -0.3 is 14.7 Å². The summed E-state index contributed by atoms with van der Waals surface area (Å²) in [6.07, 6.45) is 1.06. The van der Waals surface area contributed by atoms with Gasteiger partial charge in [-0.3, -0.25) is 19.3 Å². The van der Waals surface area contributed by atoms with Crippen LogP contribution >= 0.6 is 0 Å². The fourth-order valence-corrected chi connectivity index (χ4v) is 3.15. The van der Waals surface area contributed by atoms with E-state index in [4.69, 9.17) is 9.84 Å². The van der Waals surface area contributed by atoms with Gasteiger partial charge in [0.25, 0.3) is 0 Å². The van der Waals surface area contributed by atoms with Crippen molar-refractivity contribution in [3.63, 3.8) is 0 Å². The van der Waals surface area contributed by atoms with Crippen molar-refractivity contribution in [1.82, 2.24) is 9.80 Å². The second-order valence-corrected chi connectivity index (χ2v) is 6.90. The van der Waals surface area contributed by atoms with Crippen molar-refractivity contribution >= 4 is 17.7 Å². The maximum atomic E-state index is 12.5. The van der Waals surface area contributed by atoms with E-state index in [1.165, 1.54) is 5.56 Å². The number of carbonyl (C=O) groups excluding carboxylic acids is 2. The molecule has 0 aromatic heterocycles. The average molecular weight is 376 g/mol. The molecule has 27 heavy (non-hydrogen) atoms. The largest absolute Gasteiger partial charge is 0.480 e. The highest BCUT2D eigenvalue weighted by Gasteiger charge is 2.25. The molecule has 1 N–H and O–H groups in total. The van der Waals surface area contributed by atoms with E-state index in [1.807, 2.05) is 24.3 Å². The summed E-state index contributed by atoms with van der Waals surface area (Å²) in [5.41, 5.74) is 1.81. The minimum atomic E-state index is -0.897. The third-order valence-corrected chi connectivity index (χ3v) is 4.66. The van der Waals surface area contributed by atoms with E-state index in [1.54, 1.807) is 16.8 Å². The number of carbonyl (C=O) groups is 3. The van der Waals surface area contributed by atoms with Crippen LogP contribution in [0.5, 0.6) is 0 Å². The topological polar surface area (TPSA) is 87.2 Å². The number of carboxylic acids is 1. The Morgan fingerprint density at radius 3 is 2.56 bits per heavy atom. The first-order valence-corrected chi connectivity index (χ1v) is 9.31. The third kappa shape index (κ3) is 6.77. The summed E-state index contributed by atoms with van der Waals surface area (Å²) in [6.45, 7) is 3.77. The highest BCUT2D eigenvalue weighted by Crippen LogP contribution is 2.12. The zero-order chi connectivity index (χ0) is 19.8. The number of benzene rings is 1. The number of aryl methyl sites for hydroxylation is 1. The van der Waals surface area contributed by atoms with Gasteiger partial charge in [-0.1, -0.05) is 31.2 Å². The van der Waals surface area contributed by atoms with Crippen LogP contribution in [-0.4, -0.2) is 78.5 Å². The molecule has 1 aliphatic heterocycles. The first kappa shape index (κ1) is 21.1. The van der Waals surface area contributed by atoms with Gasteiger partial charge in [0.15, 0.2) is 5.78 Å². The minimum absolute atomic E-state index is 0.0306. The van der Waals surface area contributed by atoms with Crippen LogP contribution in [0.15, 0.2) is 24.3 Å². The highest BCUT2D eigenvalue weighted by atomic mass is 16.5. The van der Waals surface area contributed by atoms with Crippen LogP contribution in [0, 0.1) is 0 Å². The number of likely N-dealkylation sites (N-methyl/N-ethyl adjacent to an activating group) is 1. The van der Waals surface area contributed by atoms with Crippen molar-refractivity contribution in [1.29, 1.82) is 0 Å². The molecule has 0 bridgehead atoms. The lowest BCUT2D eigenvalue weighted by molar-refractivity contribution is -0.142. The fraction of sp³-hybridized carbons (Fsp3) is 0.550. The Labute approximate surface area is 159 Å². The molecule has 1 fully saturated rings. The van der Waals surface area contributed by atoms with Crippen LogP contribution in [0.3, 0.4) is 0 Å². The Bertz CT molecular complexity index is 659. The van der Waals surface area contributed by atoms with E-state index >= 15 is 0 Å². The predicted octanol–water partition coefficient (Wildman–Crippen LogP) is 1.46. The van der Waals surface area contributed by atoms with Crippen molar-refractivity contribution in [2.24, 2.45) is 0 Å². The molecule has 0 saturated carbocycles. The molecule has 1 saturated heterocycles. The molecule has 1 atom stereocenters. The summed E-state index contributed by atoms with van der Waals surface area (Å²) in [6, 6.07) is 7.51. The Balaban J connectivity index is 1.80. The molecule has 1 heterocycles. The van der Waals surface area contributed by atoms with Crippen LogP contribution in [-0.2, 0) is 20.7 Å². The molecule has 1 amide bonds. The van der Waals surface area contributed by atoms with E-state index in [-0.39, 0.29) is 37.2 Å². The number of nitrogens with zero attached hydrogens (tertiary/aromatic N) is 2. The Morgan fingerprint density at radius 2 is 1.93 bits per heavy atom. The van der Waals surface area contributed by atoms with E-state index in [0.29, 0.717) is 31.8 Å². The lowest BCUT2D eigenvalue weighted by atomic mass is 10.0. The van der Waals surface area contributed by atoms with Crippen molar-refractivity contribution in [3.8, 4) is 0 Å². The number of morpholine rings is 1. The number of carboxylic acid groups (broad SMARTS) is 1. The zero-order valence-electron chi connectivity index (χ0n) is 16.0. The lowest BCUT2D eigenvalue weighted by Crippen LogP contribution is -2.49. The molecular weight excluding hydrogens is 348 g/mol. The van der Waals surface area contributed by atoms with E-state index < -0.39 is 5.97 Å². The number of ether oxygens (including phenoxy) is 1. The van der Waals surface area contributed by atoms with Gasteiger partial charge in [-0.15, -0.1) is 0 Å². The molecule has 1 aliphatic rings. The summed E-state index contributed by atoms with van der Waals surface area (Å²) in [4.78, 5) is 38.8. The number of hydrogen-bond donors (Lipinski definition) is 1. The molecule has 2 rings (SSSR count). The summed E-state index contributed by atoms with van der Waals surface area (Å²) in [7, 11) is 1.71. The van der Waals surface area contributed by atoms with E-state index in [0.717, 1.165) is 6.42 Å². The van der Waals surface area contributed by atoms with Gasteiger partial charge in [0.1, 0.15) is 0 Å². The van der Waals surface area contributed by atoms with Gasteiger partial charge in [0.2, 0.25) is 5.91 Å². The standard InChI is InChI=1S/C20H28N2O5/c1-3-15-4-6-16(7-5-15)18(23)8-9-19(24)22-10-11-27-17(13-22)12-21(2)14-20(25)26/h4-7,17H,3,8-14H2,1-2H3,(H,25,26). The van der Waals surface area contributed by atoms with Gasteiger partial charge in [-0.05, 0) is 19.0 Å². The molecule has 0 aliphatic carbocycles. The number of Topliss-reactive ketones (excluding diaryl/α,β-unsaturated/α-hetero) is 1. The molecule has 1 aromatic rings. The average Bonchev–Trinajstić information content (AvgIpc) is 2.65. The van der Waals surface area contributed by atoms with Gasteiger partial charge >= 0.3 is 5.97 Å². The first-order valence-electron chi connectivity index (χ1n) is 9.31. The first-order chi connectivity index (χ1) is 12.9. The van der Waals surface area contributed by atoms with Crippen LogP contribution in [0.2, 0.25) is 0 Å². The maximum Gasteiger partial charge on any atom is 0.317 e. The van der Waals surface area contributed by atoms with Crippen LogP contribution in [0.25, 0.3) is 0 Å². The van der Waals surface area contributed by atoms with Crippen LogP contribution < -0.4 is 0 Å². The lowest BCUT2D eigenvalue weighted by Gasteiger charge is -2.34. The van der Waals surface area contributed by atoms with Gasteiger partial charge in [0.05, 0.1) is 19.3 Å². The SMILES string of the molecule is CCc1ccc(C(=O)CCC(=O)N2CCOC(CN(C)CC(=O)O)C2)cc1. The smallest absolute Gasteiger partial charge is 0.317 e. The molecule has 148 valence electrons. The number of hydrogen-bond acceptors (Lipinski definition) is 5. The number of aliphatic carboxylic acids is 1. The molecular formula is C20H28N2O5. The molecule has 0 spiro atoms. The minimum Gasteiger partial charge on any atom is -0.480 e. The van der Waals surface area contributed by atoms with Crippen molar-refractivity contribution in [3.05, 3.63) is 35.4 Å². The molecule has 1 aromatic carbocycles. The molecule has 0 radical (unpaired) electrons. The third-order valence-electron chi connectivity index (χ3n) is 4.66. The summed E-state index contributed by atoms with van der Waals surface area (Å²) < 4.78 is 5.63. The predicted molar refractivity (Wildman–Crippen MR) is 101 cm³/mol. The van der Waals surface area contributed by atoms with E-state index in [9.17, 15) is 14.4 Å². The normalized spacial score (nSPS) is 17.1. The van der Waals surface area contributed by atoms with Crippen molar-refractivity contribution in [2.75, 3.05) is 39.8 Å². The quantitative estimate of drug-likeness (QED) is 0.657. The highest BCUT2D eigenvalue weighted by molar-refractivity contribution is 5.98. The molecule has 7 heteroatoms. The van der Waals surface area contributed by atoms with Gasteiger partial charge in [-0.25, -0.2) is 0 Å². The van der Waals surface area contributed by atoms with Crippen LogP contribution in [0.4, 0.5) is 0 Å². The Kier molecular flexibility index (Phi) is 7.94. The molecule has 7 nitrogen and oxygen atoms in total. The maximum absolute atomic E-state index is 12.5. The van der Waals surface area contributed by atoms with Gasteiger partial charge in [0, 0.05) is 38.0 Å². The number of amides is 1. The zero-order valence-corrected chi connectivity index (χ0v) is 16.0. The monoisotopic (exact) mass is 376 g/mol. The summed E-state index contributed by atoms with van der Waals surface area (Å²) in [5.74, 6) is -0.994. The second kappa shape index (κ2) is 10.2. The van der Waals surface area contributed by atoms with Crippen LogP contribution in [0.1, 0.15) is 35.7 Å². The Hall–Kier alpha value is -2.25. The van der Waals surface area contributed by atoms with E-state index in [2.05, 4.69) is 6.92 Å². The van der Waals surface area contributed by atoms with Gasteiger partial charge in [-0.2, -0.15) is 0 Å². The Morgan fingerprint density at radius 1 is 1.22 bits per heavy atom. The number of rotatable bonds is 9. The van der Waals surface area contributed by atoms with Crippen molar-refractivity contribution < 1.29 is 24.2 Å². The molecule has 1 unspecified atom stereocenters. The second-order valence-electron chi connectivity index (χ2n) is 6.90. The summed E-state index contributed by atoms with van der Waals surface area (Å²) in [5, 5.41) is 8.82. The van der Waals surface area contributed by atoms with Crippen molar-refractivity contribution in [2.45, 2.75) is 32.3 Å². The number of ketones is 1. The fourth-order valence-electron chi connectivity index (χ4n) is 3.15.